The Morgan fingerprint density at radius 1 is 1.31 bits per heavy atom. The zero-order chi connectivity index (χ0) is 18.9. The summed E-state index contributed by atoms with van der Waals surface area (Å²) in [6, 6.07) is 0. The monoisotopic (exact) mass is 388 g/mol. The molecular formula is C15H20N2O8S. The molecule has 0 N–H and O–H groups in total. The lowest BCUT2D eigenvalue weighted by molar-refractivity contribution is -0.139. The molecular weight excluding hydrogens is 368 g/mol. The molecule has 144 valence electrons. The molecule has 1 fully saturated rings. The number of nitrogens with zero attached hydrogens (tertiary/aromatic N) is 2. The number of carbonyl (C=O) groups excluding carboxylic acids is 1. The van der Waals surface area contributed by atoms with Gasteiger partial charge in [0.2, 0.25) is 5.75 Å². The normalized spacial score (nSPS) is 19.0. The lowest BCUT2D eigenvalue weighted by Gasteiger charge is -2.40. The Morgan fingerprint density at radius 3 is 2.62 bits per heavy atom. The van der Waals surface area contributed by atoms with Crippen LogP contribution in [0, 0.1) is 0 Å². The molecule has 2 aliphatic rings. The summed E-state index contributed by atoms with van der Waals surface area (Å²) in [7, 11) is -4.04. The smallest absolute Gasteiger partial charge is 0.361 e. The molecule has 3 rings (SSSR count). The number of hydrogen-bond donors (Lipinski definition) is 0. The van der Waals surface area contributed by atoms with Crippen molar-refractivity contribution in [1.82, 2.24) is 9.55 Å². The first-order valence-electron chi connectivity index (χ1n) is 8.21. The first kappa shape index (κ1) is 18.8. The molecule has 26 heavy (non-hydrogen) atoms. The van der Waals surface area contributed by atoms with Gasteiger partial charge >= 0.3 is 16.1 Å². The molecule has 10 nitrogen and oxygen atoms in total. The second-order valence-electron chi connectivity index (χ2n) is 6.03. The molecule has 1 saturated heterocycles. The maximum Gasteiger partial charge on any atom is 0.361 e. The molecule has 0 bridgehead atoms. The van der Waals surface area contributed by atoms with E-state index in [1.54, 1.807) is 6.92 Å². The molecule has 1 spiro atoms. The third kappa shape index (κ3) is 3.46. The molecule has 11 heteroatoms. The van der Waals surface area contributed by atoms with Gasteiger partial charge in [-0.2, -0.15) is 8.42 Å². The van der Waals surface area contributed by atoms with Crippen LogP contribution in [0.3, 0.4) is 0 Å². The molecule has 0 aromatic carbocycles. The van der Waals surface area contributed by atoms with Crippen LogP contribution in [0.5, 0.6) is 5.75 Å². The van der Waals surface area contributed by atoms with E-state index in [4.69, 9.17) is 18.4 Å². The summed E-state index contributed by atoms with van der Waals surface area (Å²) in [4.78, 5) is 29.4. The fourth-order valence-corrected chi connectivity index (χ4v) is 3.58. The summed E-state index contributed by atoms with van der Waals surface area (Å²) in [5, 5.41) is 0. The Balaban J connectivity index is 2.22. The SMILES string of the molecule is CCOC(=O)c1nc2n(c(=O)c1OS(C)(=O)=O)CCOC21CCOCC1. The summed E-state index contributed by atoms with van der Waals surface area (Å²) >= 11 is 0. The molecule has 3 heterocycles. The highest BCUT2D eigenvalue weighted by Crippen LogP contribution is 2.37. The van der Waals surface area contributed by atoms with Crippen LogP contribution < -0.4 is 9.74 Å². The summed E-state index contributed by atoms with van der Waals surface area (Å²) < 4.78 is 45.4. The highest BCUT2D eigenvalue weighted by atomic mass is 32.2. The van der Waals surface area contributed by atoms with Crippen molar-refractivity contribution in [1.29, 1.82) is 0 Å². The van der Waals surface area contributed by atoms with Crippen LogP contribution in [-0.4, -0.2) is 56.6 Å². The fourth-order valence-electron chi connectivity index (χ4n) is 3.12. The van der Waals surface area contributed by atoms with Gasteiger partial charge in [0.1, 0.15) is 11.4 Å². The number of esters is 1. The standard InChI is InChI=1S/C15H20N2O8S/c1-3-23-13(19)10-11(25-26(2,20)21)12(18)17-6-9-24-15(14(17)16-10)4-7-22-8-5-15/h3-9H2,1-2H3. The van der Waals surface area contributed by atoms with E-state index in [9.17, 15) is 18.0 Å². The lowest BCUT2D eigenvalue weighted by atomic mass is 9.91. The van der Waals surface area contributed by atoms with Gasteiger partial charge in [0.25, 0.3) is 5.56 Å². The second kappa shape index (κ2) is 6.97. The van der Waals surface area contributed by atoms with Crippen LogP contribution in [0.25, 0.3) is 0 Å². The topological polar surface area (TPSA) is 123 Å². The molecule has 1 aromatic heterocycles. The molecule has 2 aliphatic heterocycles. The van der Waals surface area contributed by atoms with Gasteiger partial charge in [-0.25, -0.2) is 9.78 Å². The molecule has 0 saturated carbocycles. The van der Waals surface area contributed by atoms with Crippen molar-refractivity contribution in [2.24, 2.45) is 0 Å². The van der Waals surface area contributed by atoms with Crippen molar-refractivity contribution in [3.05, 3.63) is 21.9 Å². The van der Waals surface area contributed by atoms with Crippen LogP contribution in [0.1, 0.15) is 36.1 Å². The van der Waals surface area contributed by atoms with E-state index in [1.807, 2.05) is 0 Å². The van der Waals surface area contributed by atoms with Crippen LogP contribution >= 0.6 is 0 Å². The highest BCUT2D eigenvalue weighted by molar-refractivity contribution is 7.86. The number of fused-ring (bicyclic) bond motifs is 2. The predicted molar refractivity (Wildman–Crippen MR) is 87.6 cm³/mol. The minimum absolute atomic E-state index is 0.0345. The quantitative estimate of drug-likeness (QED) is 0.509. The number of hydrogen-bond acceptors (Lipinski definition) is 9. The van der Waals surface area contributed by atoms with E-state index in [0.29, 0.717) is 26.1 Å². The minimum atomic E-state index is -4.04. The van der Waals surface area contributed by atoms with E-state index >= 15 is 0 Å². The average molecular weight is 388 g/mol. The van der Waals surface area contributed by atoms with Gasteiger partial charge in [0.15, 0.2) is 5.69 Å². The van der Waals surface area contributed by atoms with Crippen molar-refractivity contribution in [3.63, 3.8) is 0 Å². The maximum atomic E-state index is 12.9. The van der Waals surface area contributed by atoms with E-state index in [1.165, 1.54) is 4.57 Å². The number of carbonyl (C=O) groups is 1. The minimum Gasteiger partial charge on any atom is -0.461 e. The van der Waals surface area contributed by atoms with Crippen LogP contribution in [0.2, 0.25) is 0 Å². The Labute approximate surface area is 150 Å². The number of rotatable bonds is 4. The Morgan fingerprint density at radius 2 is 2.00 bits per heavy atom. The molecule has 0 aliphatic carbocycles. The summed E-state index contributed by atoms with van der Waals surface area (Å²) in [5.41, 5.74) is -2.08. The van der Waals surface area contributed by atoms with Crippen molar-refractivity contribution < 1.29 is 31.6 Å². The largest absolute Gasteiger partial charge is 0.461 e. The summed E-state index contributed by atoms with van der Waals surface area (Å²) in [6.07, 6.45) is 1.72. The van der Waals surface area contributed by atoms with E-state index < -0.39 is 38.7 Å². The Bertz CT molecular complexity index is 870. The molecule has 0 unspecified atom stereocenters. The van der Waals surface area contributed by atoms with Gasteiger partial charge in [-0.1, -0.05) is 0 Å². The Hall–Kier alpha value is -1.98. The van der Waals surface area contributed by atoms with E-state index in [0.717, 1.165) is 6.26 Å². The molecule has 1 aromatic rings. The van der Waals surface area contributed by atoms with Crippen molar-refractivity contribution >= 4 is 16.1 Å². The molecule has 0 radical (unpaired) electrons. The second-order valence-corrected chi connectivity index (χ2v) is 7.61. The van der Waals surface area contributed by atoms with Gasteiger partial charge in [-0.15, -0.1) is 0 Å². The van der Waals surface area contributed by atoms with Crippen LogP contribution in [0.15, 0.2) is 4.79 Å². The van der Waals surface area contributed by atoms with Crippen LogP contribution in [-0.2, 0) is 36.5 Å². The van der Waals surface area contributed by atoms with Crippen molar-refractivity contribution in [3.8, 4) is 5.75 Å². The summed E-state index contributed by atoms with van der Waals surface area (Å²) in [5.74, 6) is -1.32. The average Bonchev–Trinajstić information content (AvgIpc) is 2.58. The van der Waals surface area contributed by atoms with Crippen molar-refractivity contribution in [2.45, 2.75) is 31.9 Å². The van der Waals surface area contributed by atoms with Gasteiger partial charge < -0.3 is 18.4 Å². The van der Waals surface area contributed by atoms with Gasteiger partial charge in [-0.3, -0.25) is 9.36 Å². The lowest BCUT2D eigenvalue weighted by Crippen LogP contribution is -2.48. The number of aromatic nitrogens is 2. The Kier molecular flexibility index (Phi) is 5.04. The maximum absolute atomic E-state index is 12.9. The summed E-state index contributed by atoms with van der Waals surface area (Å²) in [6.45, 7) is 2.90. The molecule has 0 atom stereocenters. The predicted octanol–water partition coefficient (Wildman–Crippen LogP) is -0.206. The van der Waals surface area contributed by atoms with Crippen molar-refractivity contribution in [2.75, 3.05) is 32.7 Å². The van der Waals surface area contributed by atoms with E-state index in [-0.39, 0.29) is 25.6 Å². The zero-order valence-corrected chi connectivity index (χ0v) is 15.3. The third-order valence-corrected chi connectivity index (χ3v) is 4.70. The molecule has 0 amide bonds. The van der Waals surface area contributed by atoms with Gasteiger partial charge in [0.05, 0.1) is 26.0 Å². The first-order chi connectivity index (χ1) is 12.3. The third-order valence-electron chi connectivity index (χ3n) is 4.23. The van der Waals surface area contributed by atoms with E-state index in [2.05, 4.69) is 4.98 Å². The highest BCUT2D eigenvalue weighted by Gasteiger charge is 2.44. The van der Waals surface area contributed by atoms with Gasteiger partial charge in [-0.05, 0) is 6.92 Å². The first-order valence-corrected chi connectivity index (χ1v) is 10.0. The number of ether oxygens (including phenoxy) is 3. The van der Waals surface area contributed by atoms with Crippen LogP contribution in [0.4, 0.5) is 0 Å². The van der Waals surface area contributed by atoms with Gasteiger partial charge in [0, 0.05) is 26.1 Å². The zero-order valence-electron chi connectivity index (χ0n) is 14.5. The fraction of sp³-hybridized carbons (Fsp3) is 0.667.